The molecule has 0 saturated carbocycles. The summed E-state index contributed by atoms with van der Waals surface area (Å²) < 4.78 is 25.7. The van der Waals surface area contributed by atoms with Crippen LogP contribution in [0, 0.1) is 5.92 Å². The molecule has 1 amide bonds. The molecule has 1 heterocycles. The van der Waals surface area contributed by atoms with E-state index in [2.05, 4.69) is 26.6 Å². The average molecular weight is 413 g/mol. The highest BCUT2D eigenvalue weighted by atomic mass is 79.9. The first kappa shape index (κ1) is 19.4. The van der Waals surface area contributed by atoms with Gasteiger partial charge in [0, 0.05) is 49.7 Å². The second-order valence-corrected chi connectivity index (χ2v) is 8.14. The van der Waals surface area contributed by atoms with E-state index in [4.69, 9.17) is 0 Å². The van der Waals surface area contributed by atoms with Crippen LogP contribution in [0.1, 0.15) is 10.4 Å². The smallest absolute Gasteiger partial charge is 0.251 e. The molecule has 0 radical (unpaired) electrons. The van der Waals surface area contributed by atoms with Gasteiger partial charge in [0.1, 0.15) is 0 Å². The molecule has 6 nitrogen and oxygen atoms in total. The maximum atomic E-state index is 12.1. The molecular weight excluding hydrogens is 394 g/mol. The number of sulfonamides is 1. The molecule has 9 heteroatoms. The fraction of sp³-hybridized carbons (Fsp3) is 0.462. The molecule has 22 heavy (non-hydrogen) atoms. The highest BCUT2D eigenvalue weighted by molar-refractivity contribution is 9.10. The molecule has 0 aromatic heterocycles. The Hall–Kier alpha value is -0.670. The van der Waals surface area contributed by atoms with Gasteiger partial charge < -0.3 is 10.6 Å². The van der Waals surface area contributed by atoms with Crippen LogP contribution in [-0.2, 0) is 10.0 Å². The minimum Gasteiger partial charge on any atom is -0.352 e. The standard InChI is InChI=1S/C13H18BrN3O3S.ClH/c1-17(2)21(19,20)12-4-3-10(5-11(12)14)13(18)16-8-9-6-15-7-9;/h3-5,9,15H,6-8H2,1-2H3,(H,16,18);1H. The number of nitrogens with zero attached hydrogens (tertiary/aromatic N) is 1. The molecular formula is C13H19BrClN3O3S. The summed E-state index contributed by atoms with van der Waals surface area (Å²) in [6.45, 7) is 2.47. The van der Waals surface area contributed by atoms with Crippen LogP contribution in [0.25, 0.3) is 0 Å². The van der Waals surface area contributed by atoms with Crippen molar-refractivity contribution in [1.82, 2.24) is 14.9 Å². The number of hydrogen-bond acceptors (Lipinski definition) is 4. The summed E-state index contributed by atoms with van der Waals surface area (Å²) in [6, 6.07) is 4.50. The lowest BCUT2D eigenvalue weighted by Crippen LogP contribution is -2.48. The van der Waals surface area contributed by atoms with Gasteiger partial charge in [-0.3, -0.25) is 4.79 Å². The van der Waals surface area contributed by atoms with Crippen molar-refractivity contribution in [2.45, 2.75) is 4.90 Å². The van der Waals surface area contributed by atoms with E-state index in [1.165, 1.54) is 32.3 Å². The van der Waals surface area contributed by atoms with Crippen molar-refractivity contribution in [3.8, 4) is 0 Å². The van der Waals surface area contributed by atoms with Crippen molar-refractivity contribution in [1.29, 1.82) is 0 Å². The van der Waals surface area contributed by atoms with Crippen LogP contribution in [-0.4, -0.2) is 52.4 Å². The Kier molecular flexibility index (Phi) is 6.82. The molecule has 0 atom stereocenters. The van der Waals surface area contributed by atoms with Crippen molar-refractivity contribution in [3.63, 3.8) is 0 Å². The lowest BCUT2D eigenvalue weighted by Gasteiger charge is -2.27. The summed E-state index contributed by atoms with van der Waals surface area (Å²) in [6.07, 6.45) is 0. The highest BCUT2D eigenvalue weighted by Gasteiger charge is 2.22. The minimum atomic E-state index is -3.52. The molecule has 1 aromatic rings. The zero-order valence-electron chi connectivity index (χ0n) is 12.3. The minimum absolute atomic E-state index is 0. The Morgan fingerprint density at radius 1 is 1.41 bits per heavy atom. The summed E-state index contributed by atoms with van der Waals surface area (Å²) >= 11 is 3.23. The van der Waals surface area contributed by atoms with Crippen molar-refractivity contribution in [3.05, 3.63) is 28.2 Å². The topological polar surface area (TPSA) is 78.5 Å². The van der Waals surface area contributed by atoms with Gasteiger partial charge in [0.15, 0.2) is 0 Å². The monoisotopic (exact) mass is 411 g/mol. The number of nitrogens with one attached hydrogen (secondary N) is 2. The Bertz CT molecular complexity index is 648. The van der Waals surface area contributed by atoms with Gasteiger partial charge in [-0.05, 0) is 34.1 Å². The van der Waals surface area contributed by atoms with Crippen LogP contribution < -0.4 is 10.6 Å². The molecule has 2 rings (SSSR count). The zero-order valence-corrected chi connectivity index (χ0v) is 15.5. The summed E-state index contributed by atoms with van der Waals surface area (Å²) in [7, 11) is -0.589. The van der Waals surface area contributed by atoms with E-state index in [1.807, 2.05) is 0 Å². The number of benzene rings is 1. The van der Waals surface area contributed by atoms with Crippen molar-refractivity contribution < 1.29 is 13.2 Å². The van der Waals surface area contributed by atoms with Gasteiger partial charge in [-0.15, -0.1) is 12.4 Å². The molecule has 1 aliphatic heterocycles. The summed E-state index contributed by atoms with van der Waals surface area (Å²) in [5, 5.41) is 5.99. The third-order valence-electron chi connectivity index (χ3n) is 3.37. The van der Waals surface area contributed by atoms with E-state index in [0.717, 1.165) is 17.4 Å². The zero-order chi connectivity index (χ0) is 15.6. The lowest BCUT2D eigenvalue weighted by atomic mass is 10.0. The van der Waals surface area contributed by atoms with Crippen LogP contribution in [0.3, 0.4) is 0 Å². The van der Waals surface area contributed by atoms with E-state index < -0.39 is 10.0 Å². The number of carbonyl (C=O) groups is 1. The van der Waals surface area contributed by atoms with E-state index in [0.29, 0.717) is 22.5 Å². The third kappa shape index (κ3) is 4.20. The van der Waals surface area contributed by atoms with Gasteiger partial charge in [0.05, 0.1) is 4.90 Å². The average Bonchev–Trinajstić information content (AvgIpc) is 2.36. The Balaban J connectivity index is 0.00000242. The first-order valence-corrected chi connectivity index (χ1v) is 8.76. The van der Waals surface area contributed by atoms with Crippen LogP contribution in [0.4, 0.5) is 0 Å². The first-order chi connectivity index (χ1) is 9.82. The Morgan fingerprint density at radius 2 is 2.05 bits per heavy atom. The van der Waals surface area contributed by atoms with E-state index >= 15 is 0 Å². The van der Waals surface area contributed by atoms with Crippen molar-refractivity contribution in [2.24, 2.45) is 5.92 Å². The van der Waals surface area contributed by atoms with Crippen LogP contribution in [0.15, 0.2) is 27.6 Å². The lowest BCUT2D eigenvalue weighted by molar-refractivity contribution is 0.0942. The molecule has 1 aliphatic rings. The Morgan fingerprint density at radius 3 is 2.50 bits per heavy atom. The normalized spacial score (nSPS) is 15.1. The molecule has 0 unspecified atom stereocenters. The predicted molar refractivity (Wildman–Crippen MR) is 91.0 cm³/mol. The summed E-state index contributed by atoms with van der Waals surface area (Å²) in [5.74, 6) is 0.280. The fourth-order valence-corrected chi connectivity index (χ4v) is 3.81. The first-order valence-electron chi connectivity index (χ1n) is 6.53. The van der Waals surface area contributed by atoms with Crippen LogP contribution in [0.2, 0.25) is 0 Å². The number of hydrogen-bond donors (Lipinski definition) is 2. The predicted octanol–water partition coefficient (Wildman–Crippen LogP) is 1.07. The number of carbonyl (C=O) groups excluding carboxylic acids is 1. The summed E-state index contributed by atoms with van der Waals surface area (Å²) in [4.78, 5) is 12.2. The van der Waals surface area contributed by atoms with E-state index in [-0.39, 0.29) is 23.2 Å². The molecule has 0 bridgehead atoms. The van der Waals surface area contributed by atoms with Crippen molar-refractivity contribution in [2.75, 3.05) is 33.7 Å². The highest BCUT2D eigenvalue weighted by Crippen LogP contribution is 2.25. The number of rotatable bonds is 5. The Labute approximate surface area is 145 Å². The summed E-state index contributed by atoms with van der Waals surface area (Å²) in [5.41, 5.74) is 0.437. The van der Waals surface area contributed by atoms with Gasteiger partial charge in [0.25, 0.3) is 5.91 Å². The van der Waals surface area contributed by atoms with Gasteiger partial charge in [-0.1, -0.05) is 0 Å². The molecule has 1 saturated heterocycles. The number of halogens is 2. The van der Waals surface area contributed by atoms with Crippen molar-refractivity contribution >= 4 is 44.3 Å². The largest absolute Gasteiger partial charge is 0.352 e. The van der Waals surface area contributed by atoms with E-state index in [1.54, 1.807) is 0 Å². The van der Waals surface area contributed by atoms with Gasteiger partial charge in [-0.25, -0.2) is 12.7 Å². The maximum absolute atomic E-state index is 12.1. The molecule has 1 aromatic carbocycles. The second-order valence-electron chi connectivity index (χ2n) is 5.17. The van der Waals surface area contributed by atoms with Gasteiger partial charge >= 0.3 is 0 Å². The SMILES string of the molecule is CN(C)S(=O)(=O)c1ccc(C(=O)NCC2CNC2)cc1Br.Cl. The maximum Gasteiger partial charge on any atom is 0.251 e. The molecule has 2 N–H and O–H groups in total. The van der Waals surface area contributed by atoms with Crippen LogP contribution in [0.5, 0.6) is 0 Å². The van der Waals surface area contributed by atoms with Crippen LogP contribution >= 0.6 is 28.3 Å². The fourth-order valence-electron chi connectivity index (χ4n) is 1.88. The molecule has 124 valence electrons. The van der Waals surface area contributed by atoms with E-state index in [9.17, 15) is 13.2 Å². The molecule has 0 spiro atoms. The van der Waals surface area contributed by atoms with Gasteiger partial charge in [0.2, 0.25) is 10.0 Å². The quantitative estimate of drug-likeness (QED) is 0.758. The molecule has 0 aliphatic carbocycles. The van der Waals surface area contributed by atoms with Gasteiger partial charge in [-0.2, -0.15) is 0 Å². The molecule has 1 fully saturated rings. The second kappa shape index (κ2) is 7.74. The third-order valence-corrected chi connectivity index (χ3v) is 6.16. The number of amides is 1.